The number of imidazole rings is 1. The number of nitrogens with zero attached hydrogens (tertiary/aromatic N) is 2. The van der Waals surface area contributed by atoms with E-state index in [1.807, 2.05) is 0 Å². The summed E-state index contributed by atoms with van der Waals surface area (Å²) >= 11 is 3.23. The number of anilines is 1. The molecular weight excluding hydrogens is 333 g/mol. The zero-order chi connectivity index (χ0) is 15.0. The molecule has 0 spiro atoms. The van der Waals surface area contributed by atoms with E-state index in [1.54, 1.807) is 12.1 Å². The second-order valence-corrected chi connectivity index (χ2v) is 6.47. The summed E-state index contributed by atoms with van der Waals surface area (Å²) in [4.78, 5) is 4.76. The molecular formula is C16H19BrFN3. The predicted octanol–water partition coefficient (Wildman–Crippen LogP) is 4.71. The molecule has 0 unspecified atom stereocenters. The zero-order valence-electron chi connectivity index (χ0n) is 12.1. The molecule has 1 aromatic heterocycles. The van der Waals surface area contributed by atoms with Crippen LogP contribution in [-0.4, -0.2) is 9.55 Å². The number of nitrogens with two attached hydrogens (primary N) is 1. The van der Waals surface area contributed by atoms with Crippen LogP contribution in [0.3, 0.4) is 0 Å². The Labute approximate surface area is 132 Å². The minimum absolute atomic E-state index is 0.273. The lowest BCUT2D eigenvalue weighted by Crippen LogP contribution is -2.06. The monoisotopic (exact) mass is 351 g/mol. The standard InChI is InChI=1S/C16H19BrFN3/c1-2-3-8-21-15(19)14(20-16(21)10-4-5-10)11-6-7-13(18)12(17)9-11/h6-7,9-10H,2-5,8,19H2,1H3. The van der Waals surface area contributed by atoms with Crippen LogP contribution in [-0.2, 0) is 6.54 Å². The number of aromatic nitrogens is 2. The third kappa shape index (κ3) is 2.84. The van der Waals surface area contributed by atoms with Crippen LogP contribution in [0.2, 0.25) is 0 Å². The highest BCUT2D eigenvalue weighted by Gasteiger charge is 2.30. The second kappa shape index (κ2) is 5.79. The molecule has 1 aliphatic rings. The predicted molar refractivity (Wildman–Crippen MR) is 86.6 cm³/mol. The van der Waals surface area contributed by atoms with Crippen molar-refractivity contribution in [3.05, 3.63) is 34.3 Å². The first-order valence-corrected chi connectivity index (χ1v) is 8.22. The summed E-state index contributed by atoms with van der Waals surface area (Å²) in [5.41, 5.74) is 7.95. The average Bonchev–Trinajstić information content (AvgIpc) is 3.25. The van der Waals surface area contributed by atoms with Crippen LogP contribution < -0.4 is 5.73 Å². The van der Waals surface area contributed by atoms with Crippen LogP contribution in [0.1, 0.15) is 44.3 Å². The van der Waals surface area contributed by atoms with Crippen molar-refractivity contribution in [3.63, 3.8) is 0 Å². The van der Waals surface area contributed by atoms with E-state index in [1.165, 1.54) is 18.9 Å². The topological polar surface area (TPSA) is 43.8 Å². The van der Waals surface area contributed by atoms with E-state index in [4.69, 9.17) is 10.7 Å². The molecule has 5 heteroatoms. The van der Waals surface area contributed by atoms with Gasteiger partial charge in [-0.3, -0.25) is 0 Å². The molecule has 21 heavy (non-hydrogen) atoms. The summed E-state index contributed by atoms with van der Waals surface area (Å²) < 4.78 is 16.0. The number of rotatable bonds is 5. The van der Waals surface area contributed by atoms with E-state index >= 15 is 0 Å². The van der Waals surface area contributed by atoms with Crippen molar-refractivity contribution in [2.24, 2.45) is 0 Å². The van der Waals surface area contributed by atoms with E-state index in [9.17, 15) is 4.39 Å². The van der Waals surface area contributed by atoms with Crippen LogP contribution in [0, 0.1) is 5.82 Å². The Morgan fingerprint density at radius 1 is 1.43 bits per heavy atom. The van der Waals surface area contributed by atoms with Crippen molar-refractivity contribution in [1.82, 2.24) is 9.55 Å². The maximum absolute atomic E-state index is 13.4. The molecule has 1 heterocycles. The quantitative estimate of drug-likeness (QED) is 0.847. The minimum Gasteiger partial charge on any atom is -0.383 e. The van der Waals surface area contributed by atoms with Crippen LogP contribution in [0.5, 0.6) is 0 Å². The summed E-state index contributed by atoms with van der Waals surface area (Å²) in [6.45, 7) is 3.07. The fraction of sp³-hybridized carbons (Fsp3) is 0.438. The summed E-state index contributed by atoms with van der Waals surface area (Å²) in [6.07, 6.45) is 4.59. The molecule has 3 rings (SSSR count). The van der Waals surface area contributed by atoms with Crippen LogP contribution in [0.4, 0.5) is 10.2 Å². The fourth-order valence-corrected chi connectivity index (χ4v) is 2.92. The number of halogens is 2. The molecule has 0 aliphatic heterocycles. The Morgan fingerprint density at radius 2 is 2.19 bits per heavy atom. The Balaban J connectivity index is 2.03. The number of hydrogen-bond acceptors (Lipinski definition) is 2. The third-order valence-corrected chi connectivity index (χ3v) is 4.51. The van der Waals surface area contributed by atoms with Crippen LogP contribution in [0.25, 0.3) is 11.3 Å². The van der Waals surface area contributed by atoms with E-state index < -0.39 is 0 Å². The maximum Gasteiger partial charge on any atom is 0.137 e. The number of benzene rings is 1. The van der Waals surface area contributed by atoms with Gasteiger partial charge in [0.1, 0.15) is 23.2 Å². The van der Waals surface area contributed by atoms with Gasteiger partial charge >= 0.3 is 0 Å². The molecule has 1 fully saturated rings. The van der Waals surface area contributed by atoms with E-state index in [2.05, 4.69) is 27.4 Å². The van der Waals surface area contributed by atoms with E-state index in [0.29, 0.717) is 16.2 Å². The first kappa shape index (κ1) is 14.6. The molecule has 3 nitrogen and oxygen atoms in total. The van der Waals surface area contributed by atoms with Gasteiger partial charge in [-0.05, 0) is 53.4 Å². The lowest BCUT2D eigenvalue weighted by Gasteiger charge is -2.08. The minimum atomic E-state index is -0.273. The molecule has 0 atom stereocenters. The van der Waals surface area contributed by atoms with Crippen LogP contribution >= 0.6 is 15.9 Å². The highest BCUT2D eigenvalue weighted by molar-refractivity contribution is 9.10. The van der Waals surface area contributed by atoms with E-state index in [-0.39, 0.29) is 5.82 Å². The molecule has 0 saturated heterocycles. The van der Waals surface area contributed by atoms with Crippen molar-refractivity contribution in [2.45, 2.75) is 45.1 Å². The smallest absolute Gasteiger partial charge is 0.137 e. The normalized spacial score (nSPS) is 14.6. The van der Waals surface area contributed by atoms with Gasteiger partial charge in [-0.1, -0.05) is 13.3 Å². The van der Waals surface area contributed by atoms with Crippen molar-refractivity contribution < 1.29 is 4.39 Å². The first-order valence-electron chi connectivity index (χ1n) is 7.43. The molecule has 0 amide bonds. The number of nitrogen functional groups attached to an aromatic ring is 1. The molecule has 112 valence electrons. The van der Waals surface area contributed by atoms with Gasteiger partial charge in [0, 0.05) is 18.0 Å². The van der Waals surface area contributed by atoms with Gasteiger partial charge < -0.3 is 10.3 Å². The Hall–Kier alpha value is -1.36. The van der Waals surface area contributed by atoms with Gasteiger partial charge in [-0.15, -0.1) is 0 Å². The van der Waals surface area contributed by atoms with Crippen molar-refractivity contribution in [3.8, 4) is 11.3 Å². The largest absolute Gasteiger partial charge is 0.383 e. The summed E-state index contributed by atoms with van der Waals surface area (Å²) in [5.74, 6) is 2.06. The summed E-state index contributed by atoms with van der Waals surface area (Å²) in [5, 5.41) is 0. The molecule has 0 radical (unpaired) electrons. The van der Waals surface area contributed by atoms with Gasteiger partial charge in [0.25, 0.3) is 0 Å². The Bertz CT molecular complexity index is 662. The molecule has 1 aliphatic carbocycles. The third-order valence-electron chi connectivity index (χ3n) is 3.91. The highest BCUT2D eigenvalue weighted by Crippen LogP contribution is 2.42. The van der Waals surface area contributed by atoms with Gasteiger partial charge in [-0.2, -0.15) is 0 Å². The van der Waals surface area contributed by atoms with E-state index in [0.717, 1.165) is 36.5 Å². The number of unbranched alkanes of at least 4 members (excludes halogenated alkanes) is 1. The first-order chi connectivity index (χ1) is 10.1. The summed E-state index contributed by atoms with van der Waals surface area (Å²) in [7, 11) is 0. The highest BCUT2D eigenvalue weighted by atomic mass is 79.9. The van der Waals surface area contributed by atoms with Gasteiger partial charge in [0.05, 0.1) is 4.47 Å². The fourth-order valence-electron chi connectivity index (χ4n) is 2.54. The molecule has 1 aromatic carbocycles. The van der Waals surface area contributed by atoms with Crippen molar-refractivity contribution in [1.29, 1.82) is 0 Å². The van der Waals surface area contributed by atoms with Gasteiger partial charge in [0.15, 0.2) is 0 Å². The average molecular weight is 352 g/mol. The Morgan fingerprint density at radius 3 is 2.81 bits per heavy atom. The Kier molecular flexibility index (Phi) is 4.02. The zero-order valence-corrected chi connectivity index (χ0v) is 13.7. The lowest BCUT2D eigenvalue weighted by atomic mass is 10.1. The van der Waals surface area contributed by atoms with Crippen LogP contribution in [0.15, 0.2) is 22.7 Å². The number of hydrogen-bond donors (Lipinski definition) is 1. The van der Waals surface area contributed by atoms with Crippen molar-refractivity contribution >= 4 is 21.7 Å². The van der Waals surface area contributed by atoms with Gasteiger partial charge in [-0.25, -0.2) is 9.37 Å². The summed E-state index contributed by atoms with van der Waals surface area (Å²) in [6, 6.07) is 4.93. The molecule has 1 saturated carbocycles. The lowest BCUT2D eigenvalue weighted by molar-refractivity contribution is 0.609. The SMILES string of the molecule is CCCCn1c(C2CC2)nc(-c2ccc(F)c(Br)c2)c1N. The maximum atomic E-state index is 13.4. The molecule has 0 bridgehead atoms. The molecule has 2 N–H and O–H groups in total. The van der Waals surface area contributed by atoms with Crippen molar-refractivity contribution in [2.75, 3.05) is 5.73 Å². The second-order valence-electron chi connectivity index (χ2n) is 5.61. The molecule has 2 aromatic rings. The van der Waals surface area contributed by atoms with Gasteiger partial charge in [0.2, 0.25) is 0 Å².